The van der Waals surface area contributed by atoms with Crippen molar-refractivity contribution in [3.05, 3.63) is 76.3 Å². The van der Waals surface area contributed by atoms with Gasteiger partial charge in [-0.1, -0.05) is 30.3 Å². The molecule has 0 aliphatic heterocycles. The van der Waals surface area contributed by atoms with Crippen molar-refractivity contribution in [3.8, 4) is 11.3 Å². The van der Waals surface area contributed by atoms with Crippen LogP contribution in [0.3, 0.4) is 0 Å². The van der Waals surface area contributed by atoms with Crippen LogP contribution in [0.5, 0.6) is 0 Å². The molecule has 0 spiro atoms. The van der Waals surface area contributed by atoms with Crippen LogP contribution >= 0.6 is 0 Å². The monoisotopic (exact) mass is 345 g/mol. The first-order valence-electron chi connectivity index (χ1n) is 7.58. The highest BCUT2D eigenvalue weighted by Gasteiger charge is 2.13. The highest BCUT2D eigenvalue weighted by molar-refractivity contribution is 5.66. The first kappa shape index (κ1) is 16.8. The summed E-state index contributed by atoms with van der Waals surface area (Å²) in [7, 11) is 0. The third-order valence-corrected chi connectivity index (χ3v) is 3.61. The molecule has 0 fully saturated rings. The van der Waals surface area contributed by atoms with Gasteiger partial charge in [0.2, 0.25) is 0 Å². The highest BCUT2D eigenvalue weighted by atomic mass is 19.2. The van der Waals surface area contributed by atoms with Gasteiger partial charge in [0, 0.05) is 29.9 Å². The normalized spacial score (nSPS) is 10.7. The van der Waals surface area contributed by atoms with E-state index in [0.717, 1.165) is 17.7 Å². The summed E-state index contributed by atoms with van der Waals surface area (Å²) in [5.74, 6) is -4.23. The van der Waals surface area contributed by atoms with Crippen LogP contribution in [0.2, 0.25) is 0 Å². The van der Waals surface area contributed by atoms with Gasteiger partial charge < -0.3 is 5.32 Å². The van der Waals surface area contributed by atoms with Gasteiger partial charge in [0.1, 0.15) is 5.69 Å². The number of nitrogens with one attached hydrogen (secondary N) is 1. The van der Waals surface area contributed by atoms with Gasteiger partial charge in [0.05, 0.1) is 5.69 Å². The predicted molar refractivity (Wildman–Crippen MR) is 89.2 cm³/mol. The molecule has 0 saturated heterocycles. The first-order valence-corrected chi connectivity index (χ1v) is 7.58. The average Bonchev–Trinajstić information content (AvgIpc) is 2.62. The van der Waals surface area contributed by atoms with Crippen molar-refractivity contribution in [1.29, 1.82) is 0 Å². The maximum atomic E-state index is 13.4. The number of hydrogen-bond acceptors (Lipinski definition) is 3. The second-order valence-electron chi connectivity index (χ2n) is 5.31. The molecular weight excluding hydrogens is 331 g/mol. The average molecular weight is 345 g/mol. The van der Waals surface area contributed by atoms with Crippen LogP contribution in [0, 0.1) is 17.5 Å². The van der Waals surface area contributed by atoms with Crippen molar-refractivity contribution >= 4 is 11.4 Å². The number of nitrogens with zero attached hydrogens (tertiary/aromatic N) is 2. The quantitative estimate of drug-likeness (QED) is 0.725. The number of halogens is 3. The smallest absolute Gasteiger partial charge is 0.290 e. The molecule has 4 nitrogen and oxygen atoms in total. The van der Waals surface area contributed by atoms with Crippen molar-refractivity contribution in [2.75, 3.05) is 5.32 Å². The summed E-state index contributed by atoms with van der Waals surface area (Å²) >= 11 is 0. The molecule has 1 heterocycles. The Kier molecular flexibility index (Phi) is 4.56. The van der Waals surface area contributed by atoms with Gasteiger partial charge in [-0.2, -0.15) is 5.10 Å². The summed E-state index contributed by atoms with van der Waals surface area (Å²) in [5, 5.41) is 6.91. The summed E-state index contributed by atoms with van der Waals surface area (Å²) in [6.45, 7) is 2.07. The Bertz CT molecular complexity index is 948. The van der Waals surface area contributed by atoms with Gasteiger partial charge in [0.15, 0.2) is 17.5 Å². The molecule has 0 aliphatic carbocycles. The molecule has 0 unspecified atom stereocenters. The SMILES string of the molecule is CCn1nc(-c2ccccc2)cc(Nc2cc(F)c(F)c(F)c2)c1=O. The largest absolute Gasteiger partial charge is 0.351 e. The summed E-state index contributed by atoms with van der Waals surface area (Å²) in [6.07, 6.45) is 0. The molecule has 0 atom stereocenters. The molecule has 3 rings (SSSR count). The van der Waals surface area contributed by atoms with E-state index in [1.165, 1.54) is 10.7 Å². The van der Waals surface area contributed by atoms with Crippen molar-refractivity contribution in [2.45, 2.75) is 13.5 Å². The lowest BCUT2D eigenvalue weighted by molar-refractivity contribution is 0.448. The van der Waals surface area contributed by atoms with E-state index in [9.17, 15) is 18.0 Å². The zero-order chi connectivity index (χ0) is 18.0. The number of rotatable bonds is 4. The van der Waals surface area contributed by atoms with Crippen molar-refractivity contribution in [2.24, 2.45) is 0 Å². The fourth-order valence-corrected chi connectivity index (χ4v) is 2.38. The van der Waals surface area contributed by atoms with E-state index in [0.29, 0.717) is 12.2 Å². The topological polar surface area (TPSA) is 46.9 Å². The Morgan fingerprint density at radius 3 is 2.28 bits per heavy atom. The molecule has 25 heavy (non-hydrogen) atoms. The van der Waals surface area contributed by atoms with Crippen LogP contribution in [0.1, 0.15) is 6.92 Å². The van der Waals surface area contributed by atoms with Crippen LogP contribution in [-0.4, -0.2) is 9.78 Å². The second kappa shape index (κ2) is 6.80. The number of aryl methyl sites for hydroxylation is 1. The molecule has 7 heteroatoms. The van der Waals surface area contributed by atoms with Gasteiger partial charge in [-0.25, -0.2) is 17.9 Å². The summed E-state index contributed by atoms with van der Waals surface area (Å²) in [6, 6.07) is 12.2. The number of anilines is 2. The molecule has 0 aliphatic rings. The molecule has 0 amide bonds. The van der Waals surface area contributed by atoms with E-state index in [4.69, 9.17) is 0 Å². The molecule has 1 aromatic heterocycles. The Morgan fingerprint density at radius 1 is 1.04 bits per heavy atom. The zero-order valence-electron chi connectivity index (χ0n) is 13.3. The first-order chi connectivity index (χ1) is 12.0. The number of benzene rings is 2. The minimum Gasteiger partial charge on any atom is -0.351 e. The lowest BCUT2D eigenvalue weighted by Gasteiger charge is -2.11. The lowest BCUT2D eigenvalue weighted by atomic mass is 10.1. The Morgan fingerprint density at radius 2 is 1.68 bits per heavy atom. The maximum Gasteiger partial charge on any atom is 0.290 e. The fraction of sp³-hybridized carbons (Fsp3) is 0.111. The van der Waals surface area contributed by atoms with Crippen molar-refractivity contribution < 1.29 is 13.2 Å². The minimum atomic E-state index is -1.56. The standard InChI is InChI=1S/C18H14F3N3O/c1-2-24-18(25)16(10-15(23-24)11-6-4-3-5-7-11)22-12-8-13(19)17(21)14(20)9-12/h3-10,22H,2H2,1H3. The van der Waals surface area contributed by atoms with Crippen LogP contribution in [0.4, 0.5) is 24.5 Å². The van der Waals surface area contributed by atoms with E-state index in [2.05, 4.69) is 10.4 Å². The van der Waals surface area contributed by atoms with Gasteiger partial charge in [-0.05, 0) is 13.0 Å². The van der Waals surface area contributed by atoms with Gasteiger partial charge in [0.25, 0.3) is 5.56 Å². The van der Waals surface area contributed by atoms with E-state index >= 15 is 0 Å². The molecule has 1 N–H and O–H groups in total. The second-order valence-corrected chi connectivity index (χ2v) is 5.31. The third-order valence-electron chi connectivity index (χ3n) is 3.61. The zero-order valence-corrected chi connectivity index (χ0v) is 13.3. The summed E-state index contributed by atoms with van der Waals surface area (Å²) < 4.78 is 41.1. The van der Waals surface area contributed by atoms with E-state index in [1.54, 1.807) is 6.92 Å². The Labute approximate surface area is 141 Å². The van der Waals surface area contributed by atoms with Crippen LogP contribution in [-0.2, 0) is 6.54 Å². The van der Waals surface area contributed by atoms with Gasteiger partial charge in [-0.15, -0.1) is 0 Å². The maximum absolute atomic E-state index is 13.4. The Balaban J connectivity index is 2.08. The predicted octanol–water partition coefficient (Wildman–Crippen LogP) is 4.09. The fourth-order valence-electron chi connectivity index (χ4n) is 2.38. The van der Waals surface area contributed by atoms with E-state index in [1.807, 2.05) is 30.3 Å². The third kappa shape index (κ3) is 3.40. The number of aromatic nitrogens is 2. The van der Waals surface area contributed by atoms with E-state index in [-0.39, 0.29) is 11.4 Å². The molecule has 128 valence electrons. The minimum absolute atomic E-state index is 0.0682. The summed E-state index contributed by atoms with van der Waals surface area (Å²) in [4.78, 5) is 12.4. The van der Waals surface area contributed by atoms with Crippen LogP contribution in [0.15, 0.2) is 53.3 Å². The Hall–Kier alpha value is -3.09. The molecular formula is C18H14F3N3O. The molecule has 0 radical (unpaired) electrons. The number of hydrogen-bond donors (Lipinski definition) is 1. The summed E-state index contributed by atoms with van der Waals surface area (Å²) in [5.41, 5.74) is 0.867. The van der Waals surface area contributed by atoms with E-state index < -0.39 is 23.0 Å². The van der Waals surface area contributed by atoms with Crippen molar-refractivity contribution in [1.82, 2.24) is 9.78 Å². The van der Waals surface area contributed by atoms with Crippen molar-refractivity contribution in [3.63, 3.8) is 0 Å². The molecule has 2 aromatic carbocycles. The highest BCUT2D eigenvalue weighted by Crippen LogP contribution is 2.22. The lowest BCUT2D eigenvalue weighted by Crippen LogP contribution is -2.24. The van der Waals surface area contributed by atoms with Crippen LogP contribution in [0.25, 0.3) is 11.3 Å². The molecule has 0 bridgehead atoms. The van der Waals surface area contributed by atoms with Gasteiger partial charge in [-0.3, -0.25) is 4.79 Å². The van der Waals surface area contributed by atoms with Crippen LogP contribution < -0.4 is 10.9 Å². The molecule has 3 aromatic rings. The molecule has 0 saturated carbocycles. The van der Waals surface area contributed by atoms with Gasteiger partial charge >= 0.3 is 0 Å².